The molecule has 5 nitrogen and oxygen atoms in total. The molecule has 0 saturated heterocycles. The molecule has 0 aromatic heterocycles. The Hall–Kier alpha value is -0.170. The van der Waals surface area contributed by atoms with Gasteiger partial charge in [0.15, 0.2) is 0 Å². The third-order valence-electron chi connectivity index (χ3n) is 3.04. The van der Waals surface area contributed by atoms with Crippen LogP contribution in [0.5, 0.6) is 0 Å². The summed E-state index contributed by atoms with van der Waals surface area (Å²) in [6.45, 7) is 6.47. The average molecular weight is 278 g/mol. The topological polar surface area (TPSA) is 67.4 Å². The molecule has 1 saturated carbocycles. The zero-order chi connectivity index (χ0) is 13.4. The predicted molar refractivity (Wildman–Crippen MR) is 73.1 cm³/mol. The van der Waals surface area contributed by atoms with Crippen molar-refractivity contribution in [1.29, 1.82) is 0 Å². The molecule has 1 fully saturated rings. The minimum atomic E-state index is -3.11. The van der Waals surface area contributed by atoms with Crippen molar-refractivity contribution in [3.63, 3.8) is 0 Å². The molecular formula is C12H26N2O3S. The van der Waals surface area contributed by atoms with Gasteiger partial charge in [0.25, 0.3) is 0 Å². The van der Waals surface area contributed by atoms with Crippen molar-refractivity contribution in [2.45, 2.75) is 51.7 Å². The molecule has 0 heterocycles. The van der Waals surface area contributed by atoms with Gasteiger partial charge in [-0.25, -0.2) is 13.1 Å². The van der Waals surface area contributed by atoms with Gasteiger partial charge < -0.3 is 10.1 Å². The van der Waals surface area contributed by atoms with Gasteiger partial charge in [-0.3, -0.25) is 0 Å². The van der Waals surface area contributed by atoms with Crippen LogP contribution in [-0.4, -0.2) is 46.0 Å². The average Bonchev–Trinajstić information content (AvgIpc) is 2.26. The first-order valence-electron chi connectivity index (χ1n) is 6.89. The molecule has 0 unspecified atom stereocenters. The summed E-state index contributed by atoms with van der Waals surface area (Å²) in [6, 6.07) is 0.0788. The summed E-state index contributed by atoms with van der Waals surface area (Å²) >= 11 is 0. The van der Waals surface area contributed by atoms with Crippen LogP contribution in [0.4, 0.5) is 0 Å². The number of ether oxygens (including phenoxy) is 1. The Balaban J connectivity index is 2.09. The van der Waals surface area contributed by atoms with Gasteiger partial charge in [-0.05, 0) is 45.7 Å². The first kappa shape index (κ1) is 15.9. The number of sulfonamides is 1. The van der Waals surface area contributed by atoms with Crippen LogP contribution < -0.4 is 10.0 Å². The molecule has 1 aliphatic carbocycles. The molecule has 1 aliphatic rings. The normalized spacial score (nSPS) is 23.9. The summed E-state index contributed by atoms with van der Waals surface area (Å²) in [5.41, 5.74) is 0. The Bertz CT molecular complexity index is 313. The van der Waals surface area contributed by atoms with E-state index in [0.717, 1.165) is 32.4 Å². The largest absolute Gasteiger partial charge is 0.378 e. The molecule has 0 atom stereocenters. The van der Waals surface area contributed by atoms with Crippen molar-refractivity contribution in [2.24, 2.45) is 0 Å². The van der Waals surface area contributed by atoms with Crippen LogP contribution >= 0.6 is 0 Å². The maximum Gasteiger partial charge on any atom is 0.211 e. The highest BCUT2D eigenvalue weighted by Crippen LogP contribution is 2.23. The van der Waals surface area contributed by atoms with Gasteiger partial charge >= 0.3 is 0 Å². The summed E-state index contributed by atoms with van der Waals surface area (Å²) in [6.07, 6.45) is 3.60. The molecule has 6 heteroatoms. The van der Waals surface area contributed by atoms with E-state index >= 15 is 0 Å². The van der Waals surface area contributed by atoms with Crippen LogP contribution in [0, 0.1) is 0 Å². The van der Waals surface area contributed by atoms with Crippen molar-refractivity contribution < 1.29 is 13.2 Å². The Morgan fingerprint density at radius 3 is 2.56 bits per heavy atom. The van der Waals surface area contributed by atoms with Crippen LogP contribution in [-0.2, 0) is 14.8 Å². The molecule has 1 rings (SSSR count). The zero-order valence-corrected chi connectivity index (χ0v) is 12.3. The second-order valence-corrected chi connectivity index (χ2v) is 6.66. The maximum atomic E-state index is 11.8. The fourth-order valence-electron chi connectivity index (χ4n) is 2.04. The van der Waals surface area contributed by atoms with E-state index in [-0.39, 0.29) is 17.9 Å². The first-order valence-corrected chi connectivity index (χ1v) is 8.55. The van der Waals surface area contributed by atoms with Crippen LogP contribution in [0.3, 0.4) is 0 Å². The van der Waals surface area contributed by atoms with E-state index in [2.05, 4.69) is 17.0 Å². The number of hydrogen-bond acceptors (Lipinski definition) is 4. The van der Waals surface area contributed by atoms with Crippen LogP contribution in [0.2, 0.25) is 0 Å². The van der Waals surface area contributed by atoms with E-state index in [4.69, 9.17) is 4.74 Å². The van der Waals surface area contributed by atoms with Crippen LogP contribution in [0.1, 0.15) is 39.5 Å². The quantitative estimate of drug-likeness (QED) is 0.582. The van der Waals surface area contributed by atoms with Crippen molar-refractivity contribution in [3.8, 4) is 0 Å². The van der Waals surface area contributed by atoms with E-state index in [1.54, 1.807) is 0 Å². The first-order chi connectivity index (χ1) is 8.57. The molecule has 2 N–H and O–H groups in total. The van der Waals surface area contributed by atoms with E-state index in [1.165, 1.54) is 0 Å². The van der Waals surface area contributed by atoms with Crippen molar-refractivity contribution in [1.82, 2.24) is 10.0 Å². The molecule has 0 aliphatic heterocycles. The zero-order valence-electron chi connectivity index (χ0n) is 11.4. The minimum Gasteiger partial charge on any atom is -0.378 e. The summed E-state index contributed by atoms with van der Waals surface area (Å²) in [7, 11) is -3.11. The van der Waals surface area contributed by atoms with Crippen LogP contribution in [0.25, 0.3) is 0 Å². The van der Waals surface area contributed by atoms with Gasteiger partial charge in [-0.15, -0.1) is 0 Å². The van der Waals surface area contributed by atoms with Crippen molar-refractivity contribution >= 4 is 10.0 Å². The second kappa shape index (κ2) is 8.09. The van der Waals surface area contributed by atoms with Gasteiger partial charge in [0, 0.05) is 12.6 Å². The minimum absolute atomic E-state index is 0.0788. The summed E-state index contributed by atoms with van der Waals surface area (Å²) in [4.78, 5) is 0. The lowest BCUT2D eigenvalue weighted by Crippen LogP contribution is -2.48. The second-order valence-electron chi connectivity index (χ2n) is 4.79. The number of rotatable bonds is 10. The van der Waals surface area contributed by atoms with Gasteiger partial charge in [0.2, 0.25) is 10.0 Å². The number of nitrogens with one attached hydrogen (secondary N) is 2. The smallest absolute Gasteiger partial charge is 0.211 e. The summed E-state index contributed by atoms with van der Waals surface area (Å²) in [5.74, 6) is 0.208. The Morgan fingerprint density at radius 2 is 1.94 bits per heavy atom. The molecule has 0 amide bonds. The maximum absolute atomic E-state index is 11.8. The van der Waals surface area contributed by atoms with Gasteiger partial charge in [-0.1, -0.05) is 6.92 Å². The summed E-state index contributed by atoms with van der Waals surface area (Å²) in [5, 5.41) is 3.20. The third-order valence-corrected chi connectivity index (χ3v) is 4.56. The fraction of sp³-hybridized carbons (Fsp3) is 1.00. The van der Waals surface area contributed by atoms with Gasteiger partial charge in [0.1, 0.15) is 0 Å². The summed E-state index contributed by atoms with van der Waals surface area (Å²) < 4.78 is 31.6. The predicted octanol–water partition coefficient (Wildman–Crippen LogP) is 0.863. The lowest BCUT2D eigenvalue weighted by molar-refractivity contribution is -0.00475. The molecular weight excluding hydrogens is 252 g/mol. The Morgan fingerprint density at radius 1 is 1.22 bits per heavy atom. The standard InChI is InChI=1S/C12H26N2O3S/c1-3-6-13-7-5-8-18(15,16)14-11-9-12(10-11)17-4-2/h11-14H,3-10H2,1-2H3. The van der Waals surface area contributed by atoms with E-state index in [9.17, 15) is 8.42 Å². The molecule has 108 valence electrons. The molecule has 0 bridgehead atoms. The highest BCUT2D eigenvalue weighted by atomic mass is 32.2. The SMILES string of the molecule is CCCNCCCS(=O)(=O)NC1CC(OCC)C1. The van der Waals surface area contributed by atoms with Gasteiger partial charge in [-0.2, -0.15) is 0 Å². The highest BCUT2D eigenvalue weighted by Gasteiger charge is 2.32. The fourth-order valence-corrected chi connectivity index (χ4v) is 3.38. The molecule has 0 radical (unpaired) electrons. The molecule has 18 heavy (non-hydrogen) atoms. The highest BCUT2D eigenvalue weighted by molar-refractivity contribution is 7.89. The Labute approximate surface area is 111 Å². The third kappa shape index (κ3) is 6.13. The molecule has 0 spiro atoms. The lowest BCUT2D eigenvalue weighted by atomic mass is 9.90. The van der Waals surface area contributed by atoms with E-state index in [0.29, 0.717) is 13.0 Å². The lowest BCUT2D eigenvalue weighted by Gasteiger charge is -2.35. The van der Waals surface area contributed by atoms with E-state index < -0.39 is 10.0 Å². The number of hydrogen-bond donors (Lipinski definition) is 2. The Kier molecular flexibility index (Phi) is 7.14. The molecule has 0 aromatic carbocycles. The van der Waals surface area contributed by atoms with Crippen molar-refractivity contribution in [2.75, 3.05) is 25.4 Å². The van der Waals surface area contributed by atoms with Crippen molar-refractivity contribution in [3.05, 3.63) is 0 Å². The molecule has 0 aromatic rings. The van der Waals surface area contributed by atoms with Gasteiger partial charge in [0.05, 0.1) is 11.9 Å². The monoisotopic (exact) mass is 278 g/mol. The van der Waals surface area contributed by atoms with E-state index in [1.807, 2.05) is 6.92 Å². The van der Waals surface area contributed by atoms with Crippen LogP contribution in [0.15, 0.2) is 0 Å².